The monoisotopic (exact) mass is 359 g/mol. The van der Waals surface area contributed by atoms with Crippen molar-refractivity contribution in [2.24, 2.45) is 5.41 Å². The zero-order chi connectivity index (χ0) is 19.1. The summed E-state index contributed by atoms with van der Waals surface area (Å²) >= 11 is 0. The molecule has 1 aromatic rings. The number of carboxylic acid groups (broad SMARTS) is 1. The highest BCUT2D eigenvalue weighted by atomic mass is 16.4. The lowest BCUT2D eigenvalue weighted by atomic mass is 9.75. The molecule has 26 heavy (non-hydrogen) atoms. The number of hydrogen-bond donors (Lipinski definition) is 1. The molecule has 6 heteroatoms. The lowest BCUT2D eigenvalue weighted by Gasteiger charge is -2.47. The molecule has 1 unspecified atom stereocenters. The van der Waals surface area contributed by atoms with E-state index in [1.54, 1.807) is 0 Å². The summed E-state index contributed by atoms with van der Waals surface area (Å²) in [5, 5.41) is 9.80. The van der Waals surface area contributed by atoms with Crippen LogP contribution in [-0.2, 0) is 11.2 Å². The molecule has 1 saturated heterocycles. The van der Waals surface area contributed by atoms with E-state index in [1.807, 2.05) is 32.9 Å². The number of anilines is 1. The lowest BCUT2D eigenvalue weighted by Crippen LogP contribution is -2.52. The van der Waals surface area contributed by atoms with Crippen LogP contribution < -0.4 is 4.90 Å². The van der Waals surface area contributed by atoms with Gasteiger partial charge in [-0.05, 0) is 29.7 Å². The SMILES string of the molecule is CN1CCN(c2cccc3c2CC(C=O)N(C(=O)O)[C@@H]3C(C)(C)C)CC1. The molecule has 6 nitrogen and oxygen atoms in total. The van der Waals surface area contributed by atoms with Gasteiger partial charge in [0, 0.05) is 38.3 Å². The van der Waals surface area contributed by atoms with Crippen LogP contribution in [0.1, 0.15) is 37.9 Å². The van der Waals surface area contributed by atoms with E-state index in [2.05, 4.69) is 22.9 Å². The summed E-state index contributed by atoms with van der Waals surface area (Å²) in [6.07, 6.45) is 0.203. The van der Waals surface area contributed by atoms with Crippen molar-refractivity contribution in [2.45, 2.75) is 39.3 Å². The minimum Gasteiger partial charge on any atom is -0.465 e. The first kappa shape index (κ1) is 18.7. The van der Waals surface area contributed by atoms with Crippen LogP contribution in [0.2, 0.25) is 0 Å². The number of likely N-dealkylation sites (N-methyl/N-ethyl adjacent to an activating group) is 1. The third-order valence-electron chi connectivity index (χ3n) is 5.57. The summed E-state index contributed by atoms with van der Waals surface area (Å²) in [7, 11) is 2.13. The molecule has 142 valence electrons. The van der Waals surface area contributed by atoms with E-state index < -0.39 is 12.1 Å². The van der Waals surface area contributed by atoms with Crippen LogP contribution in [0.15, 0.2) is 18.2 Å². The molecule has 0 radical (unpaired) electrons. The van der Waals surface area contributed by atoms with Crippen molar-refractivity contribution in [3.8, 4) is 0 Å². The van der Waals surface area contributed by atoms with Crippen molar-refractivity contribution >= 4 is 18.1 Å². The summed E-state index contributed by atoms with van der Waals surface area (Å²) in [6.45, 7) is 10.0. The third-order valence-corrected chi connectivity index (χ3v) is 5.57. The van der Waals surface area contributed by atoms with Gasteiger partial charge in [-0.2, -0.15) is 0 Å². The predicted molar refractivity (Wildman–Crippen MR) is 102 cm³/mol. The Kier molecular flexibility index (Phi) is 4.97. The van der Waals surface area contributed by atoms with Gasteiger partial charge in [-0.3, -0.25) is 4.90 Å². The molecular weight excluding hydrogens is 330 g/mol. The van der Waals surface area contributed by atoms with Crippen molar-refractivity contribution < 1.29 is 14.7 Å². The van der Waals surface area contributed by atoms with E-state index in [1.165, 1.54) is 4.90 Å². The van der Waals surface area contributed by atoms with Gasteiger partial charge >= 0.3 is 6.09 Å². The number of hydrogen-bond acceptors (Lipinski definition) is 4. The Labute approximate surface area is 155 Å². The minimum atomic E-state index is -1.03. The summed E-state index contributed by atoms with van der Waals surface area (Å²) in [4.78, 5) is 29.8. The predicted octanol–water partition coefficient (Wildman–Crippen LogP) is 2.63. The van der Waals surface area contributed by atoms with Gasteiger partial charge in [0.1, 0.15) is 6.29 Å². The second-order valence-electron chi connectivity index (χ2n) is 8.50. The second kappa shape index (κ2) is 6.91. The van der Waals surface area contributed by atoms with Crippen LogP contribution >= 0.6 is 0 Å². The van der Waals surface area contributed by atoms with Crippen molar-refractivity contribution in [1.29, 1.82) is 0 Å². The van der Waals surface area contributed by atoms with Gasteiger partial charge in [-0.15, -0.1) is 0 Å². The maximum absolute atomic E-state index is 12.0. The number of piperazine rings is 1. The Balaban J connectivity index is 2.10. The van der Waals surface area contributed by atoms with E-state index >= 15 is 0 Å². The summed E-state index contributed by atoms with van der Waals surface area (Å²) in [6, 6.07) is 5.18. The Morgan fingerprint density at radius 1 is 1.19 bits per heavy atom. The van der Waals surface area contributed by atoms with Gasteiger partial charge in [-0.25, -0.2) is 4.79 Å². The maximum Gasteiger partial charge on any atom is 0.408 e. The molecule has 2 aliphatic rings. The first-order chi connectivity index (χ1) is 12.2. The van der Waals surface area contributed by atoms with E-state index in [0.29, 0.717) is 6.42 Å². The molecule has 0 bridgehead atoms. The van der Waals surface area contributed by atoms with Crippen molar-refractivity contribution in [2.75, 3.05) is 38.1 Å². The zero-order valence-electron chi connectivity index (χ0n) is 16.1. The average molecular weight is 359 g/mol. The third kappa shape index (κ3) is 3.30. The van der Waals surface area contributed by atoms with Crippen molar-refractivity contribution in [3.05, 3.63) is 29.3 Å². The van der Waals surface area contributed by atoms with Gasteiger partial charge in [0.25, 0.3) is 0 Å². The van der Waals surface area contributed by atoms with Crippen LogP contribution in [-0.4, -0.2) is 66.6 Å². The van der Waals surface area contributed by atoms with E-state index in [9.17, 15) is 14.7 Å². The number of benzene rings is 1. The quantitative estimate of drug-likeness (QED) is 0.823. The number of carbonyl (C=O) groups is 2. The molecular formula is C20H29N3O3. The molecule has 0 saturated carbocycles. The van der Waals surface area contributed by atoms with Crippen LogP contribution in [0.5, 0.6) is 0 Å². The fourth-order valence-corrected chi connectivity index (χ4v) is 4.31. The summed E-state index contributed by atoms with van der Waals surface area (Å²) in [5.41, 5.74) is 3.01. The Hall–Kier alpha value is -2.08. The number of amides is 1. The van der Waals surface area contributed by atoms with E-state index in [0.717, 1.165) is 49.3 Å². The molecule has 0 aromatic heterocycles. The van der Waals surface area contributed by atoms with E-state index in [4.69, 9.17) is 0 Å². The number of aldehydes is 1. The molecule has 0 aliphatic carbocycles. The molecule has 3 rings (SSSR count). The summed E-state index contributed by atoms with van der Waals surface area (Å²) < 4.78 is 0. The van der Waals surface area contributed by atoms with Crippen LogP contribution in [0.25, 0.3) is 0 Å². The van der Waals surface area contributed by atoms with Gasteiger partial charge in [0.15, 0.2) is 0 Å². The highest BCUT2D eigenvalue weighted by molar-refractivity contribution is 5.75. The Morgan fingerprint density at radius 2 is 1.85 bits per heavy atom. The Morgan fingerprint density at radius 3 is 2.38 bits per heavy atom. The van der Waals surface area contributed by atoms with Crippen LogP contribution in [0.4, 0.5) is 10.5 Å². The first-order valence-electron chi connectivity index (χ1n) is 9.26. The fourth-order valence-electron chi connectivity index (χ4n) is 4.31. The van der Waals surface area contributed by atoms with Gasteiger partial charge in [-0.1, -0.05) is 32.9 Å². The van der Waals surface area contributed by atoms with Gasteiger partial charge in [0.2, 0.25) is 0 Å². The number of carbonyl (C=O) groups excluding carboxylic acids is 1. The molecule has 1 aromatic carbocycles. The van der Waals surface area contributed by atoms with Crippen LogP contribution in [0, 0.1) is 5.41 Å². The topological polar surface area (TPSA) is 64.1 Å². The van der Waals surface area contributed by atoms with Gasteiger partial charge < -0.3 is 19.7 Å². The normalized spacial score (nSPS) is 24.3. The number of fused-ring (bicyclic) bond motifs is 1. The zero-order valence-corrected chi connectivity index (χ0v) is 16.1. The average Bonchev–Trinajstić information content (AvgIpc) is 2.59. The molecule has 0 spiro atoms. The molecule has 1 fully saturated rings. The van der Waals surface area contributed by atoms with Crippen molar-refractivity contribution in [3.63, 3.8) is 0 Å². The highest BCUT2D eigenvalue weighted by Crippen LogP contribution is 2.46. The van der Waals surface area contributed by atoms with E-state index in [-0.39, 0.29) is 11.5 Å². The number of nitrogens with zero attached hydrogens (tertiary/aromatic N) is 3. The number of rotatable bonds is 2. The molecule has 2 heterocycles. The highest BCUT2D eigenvalue weighted by Gasteiger charge is 2.44. The van der Waals surface area contributed by atoms with Crippen LogP contribution in [0.3, 0.4) is 0 Å². The lowest BCUT2D eigenvalue weighted by molar-refractivity contribution is -0.114. The Bertz CT molecular complexity index is 690. The standard InChI is InChI=1S/C20H29N3O3/c1-20(2,3)18-15-6-5-7-17(22-10-8-21(4)9-11-22)16(15)12-14(13-24)23(18)19(25)26/h5-7,13-14,18H,8-12H2,1-4H3,(H,25,26)/t14?,18-/m0/s1. The fraction of sp³-hybridized carbons (Fsp3) is 0.600. The smallest absolute Gasteiger partial charge is 0.408 e. The molecule has 2 atom stereocenters. The summed E-state index contributed by atoms with van der Waals surface area (Å²) in [5.74, 6) is 0. The maximum atomic E-state index is 12.0. The van der Waals surface area contributed by atoms with Crippen molar-refractivity contribution in [1.82, 2.24) is 9.80 Å². The molecule has 2 aliphatic heterocycles. The second-order valence-corrected chi connectivity index (χ2v) is 8.50. The minimum absolute atomic E-state index is 0.310. The molecule has 1 amide bonds. The largest absolute Gasteiger partial charge is 0.465 e. The first-order valence-corrected chi connectivity index (χ1v) is 9.26. The molecule has 1 N–H and O–H groups in total. The van der Waals surface area contributed by atoms with Gasteiger partial charge in [0.05, 0.1) is 12.1 Å².